The summed E-state index contributed by atoms with van der Waals surface area (Å²) >= 11 is 4.30. The summed E-state index contributed by atoms with van der Waals surface area (Å²) in [7, 11) is 2.07. The van der Waals surface area contributed by atoms with E-state index in [9.17, 15) is 0 Å². The third-order valence-electron chi connectivity index (χ3n) is 1.58. The molecule has 0 spiro atoms. The molecule has 1 fully saturated rings. The van der Waals surface area contributed by atoms with Crippen molar-refractivity contribution in [3.63, 3.8) is 0 Å². The van der Waals surface area contributed by atoms with E-state index in [1.807, 2.05) is 0 Å². The minimum Gasteiger partial charge on any atom is -0.375 e. The van der Waals surface area contributed by atoms with Crippen LogP contribution in [0.5, 0.6) is 0 Å². The molecule has 0 bridgehead atoms. The standard InChI is InChI=1S/C6H13NOS/c1-5-3-7(2)6(9)4-8-5/h5-6,9H,3-4H2,1-2H3. The van der Waals surface area contributed by atoms with E-state index in [0.717, 1.165) is 13.2 Å². The predicted octanol–water partition coefficient (Wildman–Crippen LogP) is 0.593. The molecule has 54 valence electrons. The van der Waals surface area contributed by atoms with Gasteiger partial charge in [0.2, 0.25) is 0 Å². The quantitative estimate of drug-likeness (QED) is 0.504. The summed E-state index contributed by atoms with van der Waals surface area (Å²) in [6, 6.07) is 0. The smallest absolute Gasteiger partial charge is 0.0763 e. The molecular weight excluding hydrogens is 134 g/mol. The highest BCUT2D eigenvalue weighted by molar-refractivity contribution is 7.80. The predicted molar refractivity (Wildman–Crippen MR) is 40.8 cm³/mol. The first kappa shape index (κ1) is 7.38. The number of morpholine rings is 1. The Kier molecular flexibility index (Phi) is 2.38. The molecule has 1 aliphatic heterocycles. The van der Waals surface area contributed by atoms with Crippen LogP contribution in [0.4, 0.5) is 0 Å². The first-order valence-corrected chi connectivity index (χ1v) is 3.71. The Morgan fingerprint density at radius 2 is 2.33 bits per heavy atom. The second-order valence-electron chi connectivity index (χ2n) is 2.56. The summed E-state index contributed by atoms with van der Waals surface area (Å²) in [5.41, 5.74) is 0. The number of likely N-dealkylation sites (N-methyl/N-ethyl adjacent to an activating group) is 1. The van der Waals surface area contributed by atoms with Crippen molar-refractivity contribution in [2.75, 3.05) is 20.2 Å². The van der Waals surface area contributed by atoms with Crippen LogP contribution in [0.3, 0.4) is 0 Å². The fourth-order valence-corrected chi connectivity index (χ4v) is 1.14. The van der Waals surface area contributed by atoms with Crippen LogP contribution in [0, 0.1) is 0 Å². The van der Waals surface area contributed by atoms with Gasteiger partial charge in [0, 0.05) is 6.54 Å². The molecular formula is C6H13NOS. The van der Waals surface area contributed by atoms with E-state index in [0.29, 0.717) is 11.5 Å². The highest BCUT2D eigenvalue weighted by atomic mass is 32.1. The molecule has 0 aliphatic carbocycles. The van der Waals surface area contributed by atoms with Gasteiger partial charge in [-0.2, -0.15) is 12.6 Å². The molecule has 1 rings (SSSR count). The van der Waals surface area contributed by atoms with E-state index >= 15 is 0 Å². The Morgan fingerprint density at radius 3 is 2.78 bits per heavy atom. The van der Waals surface area contributed by atoms with Gasteiger partial charge in [-0.3, -0.25) is 4.90 Å². The maximum atomic E-state index is 5.34. The number of nitrogens with zero attached hydrogens (tertiary/aromatic N) is 1. The Morgan fingerprint density at radius 1 is 1.67 bits per heavy atom. The Balaban J connectivity index is 2.35. The zero-order chi connectivity index (χ0) is 6.85. The second-order valence-corrected chi connectivity index (χ2v) is 3.16. The molecule has 2 nitrogen and oxygen atoms in total. The molecule has 1 heterocycles. The summed E-state index contributed by atoms with van der Waals surface area (Å²) in [6.07, 6.45) is 0.374. The van der Waals surface area contributed by atoms with E-state index in [-0.39, 0.29) is 0 Å². The molecule has 0 aromatic rings. The molecule has 3 heteroatoms. The lowest BCUT2D eigenvalue weighted by Crippen LogP contribution is -2.43. The molecule has 2 atom stereocenters. The fourth-order valence-electron chi connectivity index (χ4n) is 0.958. The van der Waals surface area contributed by atoms with Gasteiger partial charge in [-0.05, 0) is 14.0 Å². The van der Waals surface area contributed by atoms with Gasteiger partial charge in [0.25, 0.3) is 0 Å². The average Bonchev–Trinajstić information content (AvgIpc) is 1.80. The summed E-state index contributed by atoms with van der Waals surface area (Å²) in [6.45, 7) is 3.82. The van der Waals surface area contributed by atoms with Crippen molar-refractivity contribution in [2.24, 2.45) is 0 Å². The zero-order valence-corrected chi connectivity index (χ0v) is 6.77. The third-order valence-corrected chi connectivity index (χ3v) is 2.13. The molecule has 0 saturated carbocycles. The minimum atomic E-state index is 0.293. The van der Waals surface area contributed by atoms with Crippen LogP contribution in [-0.2, 0) is 4.74 Å². The van der Waals surface area contributed by atoms with Gasteiger partial charge in [0.05, 0.1) is 18.1 Å². The maximum Gasteiger partial charge on any atom is 0.0763 e. The van der Waals surface area contributed by atoms with E-state index < -0.39 is 0 Å². The molecule has 2 unspecified atom stereocenters. The number of rotatable bonds is 0. The third kappa shape index (κ3) is 1.85. The molecule has 0 aromatic heterocycles. The zero-order valence-electron chi connectivity index (χ0n) is 5.87. The van der Waals surface area contributed by atoms with Crippen molar-refractivity contribution in [1.29, 1.82) is 0 Å². The summed E-state index contributed by atoms with van der Waals surface area (Å²) in [5, 5.41) is 0.293. The van der Waals surface area contributed by atoms with E-state index in [1.54, 1.807) is 0 Å². The lowest BCUT2D eigenvalue weighted by Gasteiger charge is -2.32. The first-order valence-electron chi connectivity index (χ1n) is 3.20. The number of hydrogen-bond donors (Lipinski definition) is 1. The van der Waals surface area contributed by atoms with Crippen LogP contribution in [0.15, 0.2) is 0 Å². The monoisotopic (exact) mass is 147 g/mol. The van der Waals surface area contributed by atoms with Crippen LogP contribution in [0.1, 0.15) is 6.92 Å². The fraction of sp³-hybridized carbons (Fsp3) is 1.00. The molecule has 0 radical (unpaired) electrons. The molecule has 1 saturated heterocycles. The molecule has 9 heavy (non-hydrogen) atoms. The lowest BCUT2D eigenvalue weighted by atomic mass is 10.3. The van der Waals surface area contributed by atoms with Gasteiger partial charge in [-0.15, -0.1) is 0 Å². The largest absolute Gasteiger partial charge is 0.375 e. The SMILES string of the molecule is CC1CN(C)C(S)CO1. The van der Waals surface area contributed by atoms with Gasteiger partial charge < -0.3 is 4.74 Å². The highest BCUT2D eigenvalue weighted by Gasteiger charge is 2.19. The van der Waals surface area contributed by atoms with Crippen LogP contribution in [0.25, 0.3) is 0 Å². The normalized spacial score (nSPS) is 39.0. The van der Waals surface area contributed by atoms with Crippen LogP contribution >= 0.6 is 12.6 Å². The van der Waals surface area contributed by atoms with Gasteiger partial charge in [-0.25, -0.2) is 0 Å². The molecule has 0 aromatic carbocycles. The van der Waals surface area contributed by atoms with Crippen LogP contribution in [0.2, 0.25) is 0 Å². The molecule has 1 aliphatic rings. The van der Waals surface area contributed by atoms with Gasteiger partial charge in [0.15, 0.2) is 0 Å². The first-order chi connectivity index (χ1) is 4.20. The Bertz CT molecular complexity index is 99.1. The average molecular weight is 147 g/mol. The number of hydrogen-bond acceptors (Lipinski definition) is 3. The van der Waals surface area contributed by atoms with Crippen molar-refractivity contribution in [2.45, 2.75) is 18.4 Å². The number of ether oxygens (including phenoxy) is 1. The van der Waals surface area contributed by atoms with Crippen molar-refractivity contribution in [1.82, 2.24) is 4.90 Å². The summed E-state index contributed by atoms with van der Waals surface area (Å²) in [4.78, 5) is 2.19. The highest BCUT2D eigenvalue weighted by Crippen LogP contribution is 2.10. The summed E-state index contributed by atoms with van der Waals surface area (Å²) < 4.78 is 5.34. The van der Waals surface area contributed by atoms with Crippen molar-refractivity contribution < 1.29 is 4.74 Å². The lowest BCUT2D eigenvalue weighted by molar-refractivity contribution is -0.0184. The van der Waals surface area contributed by atoms with Crippen LogP contribution in [-0.4, -0.2) is 36.6 Å². The van der Waals surface area contributed by atoms with Gasteiger partial charge in [0.1, 0.15) is 0 Å². The number of thiol groups is 1. The molecule has 0 N–H and O–H groups in total. The van der Waals surface area contributed by atoms with E-state index in [2.05, 4.69) is 31.5 Å². The van der Waals surface area contributed by atoms with Gasteiger partial charge >= 0.3 is 0 Å². The minimum absolute atomic E-state index is 0.293. The second kappa shape index (κ2) is 2.90. The Hall–Kier alpha value is 0.270. The van der Waals surface area contributed by atoms with Crippen LogP contribution < -0.4 is 0 Å². The van der Waals surface area contributed by atoms with E-state index in [1.165, 1.54) is 0 Å². The van der Waals surface area contributed by atoms with Crippen molar-refractivity contribution >= 4 is 12.6 Å². The van der Waals surface area contributed by atoms with Crippen molar-refractivity contribution in [3.05, 3.63) is 0 Å². The van der Waals surface area contributed by atoms with Gasteiger partial charge in [-0.1, -0.05) is 0 Å². The topological polar surface area (TPSA) is 12.5 Å². The maximum absolute atomic E-state index is 5.34. The molecule has 0 amide bonds. The Labute approximate surface area is 61.6 Å². The van der Waals surface area contributed by atoms with E-state index in [4.69, 9.17) is 4.74 Å². The summed E-state index contributed by atoms with van der Waals surface area (Å²) in [5.74, 6) is 0. The van der Waals surface area contributed by atoms with Crippen molar-refractivity contribution in [3.8, 4) is 0 Å².